The van der Waals surface area contributed by atoms with Gasteiger partial charge >= 0.3 is 0 Å². The molecule has 4 rings (SSSR count). The van der Waals surface area contributed by atoms with Crippen LogP contribution in [0, 0.1) is 6.92 Å². The van der Waals surface area contributed by atoms with E-state index >= 15 is 0 Å². The van der Waals surface area contributed by atoms with Crippen LogP contribution in [0.2, 0.25) is 0 Å². The van der Waals surface area contributed by atoms with Crippen LogP contribution in [0.3, 0.4) is 0 Å². The number of ether oxygens (including phenoxy) is 1. The Kier molecular flexibility index (Phi) is 6.99. The van der Waals surface area contributed by atoms with Crippen molar-refractivity contribution in [3.63, 3.8) is 0 Å². The molecule has 166 valence electrons. The Labute approximate surface area is 184 Å². The Morgan fingerprint density at radius 1 is 0.935 bits per heavy atom. The lowest BCUT2D eigenvalue weighted by atomic mass is 10.2. The Morgan fingerprint density at radius 2 is 1.61 bits per heavy atom. The molecule has 2 fully saturated rings. The molecule has 2 aromatic rings. The summed E-state index contributed by atoms with van der Waals surface area (Å²) in [7, 11) is 2.15. The molecule has 2 saturated heterocycles. The summed E-state index contributed by atoms with van der Waals surface area (Å²) in [5.74, 6) is 1.81. The predicted octanol–water partition coefficient (Wildman–Crippen LogP) is 1.40. The standard InChI is InChI=1S/C23H32N6O2/c1-19-16-21(27-10-8-26(2)9-11-27)25-23(24-19)29-14-12-28(13-15-29)22(30)18-31-17-20-6-4-3-5-7-20/h3-7,16H,8-15,17-18H2,1-2H3. The van der Waals surface area contributed by atoms with E-state index in [-0.39, 0.29) is 12.5 Å². The van der Waals surface area contributed by atoms with Gasteiger partial charge < -0.3 is 24.3 Å². The zero-order valence-electron chi connectivity index (χ0n) is 18.5. The van der Waals surface area contributed by atoms with E-state index < -0.39 is 0 Å². The van der Waals surface area contributed by atoms with E-state index in [2.05, 4.69) is 32.8 Å². The van der Waals surface area contributed by atoms with Crippen LogP contribution in [-0.4, -0.2) is 91.7 Å². The summed E-state index contributed by atoms with van der Waals surface area (Å²) in [4.78, 5) is 30.8. The van der Waals surface area contributed by atoms with Gasteiger partial charge in [0.25, 0.3) is 0 Å². The van der Waals surface area contributed by atoms with E-state index in [9.17, 15) is 4.79 Å². The minimum atomic E-state index is 0.0406. The number of anilines is 2. The van der Waals surface area contributed by atoms with E-state index in [0.29, 0.717) is 19.7 Å². The van der Waals surface area contributed by atoms with Crippen LogP contribution in [-0.2, 0) is 16.1 Å². The number of amides is 1. The van der Waals surface area contributed by atoms with Gasteiger partial charge in [-0.25, -0.2) is 4.98 Å². The molecule has 1 aromatic carbocycles. The molecule has 3 heterocycles. The fraction of sp³-hybridized carbons (Fsp3) is 0.522. The highest BCUT2D eigenvalue weighted by Gasteiger charge is 2.24. The molecule has 8 heteroatoms. The Bertz CT molecular complexity index is 862. The second-order valence-corrected chi connectivity index (χ2v) is 8.30. The quantitative estimate of drug-likeness (QED) is 0.695. The zero-order valence-corrected chi connectivity index (χ0v) is 18.5. The number of aromatic nitrogens is 2. The smallest absolute Gasteiger partial charge is 0.248 e. The topological polar surface area (TPSA) is 65.0 Å². The number of likely N-dealkylation sites (N-methyl/N-ethyl adjacent to an activating group) is 1. The number of nitrogens with zero attached hydrogens (tertiary/aromatic N) is 6. The Balaban J connectivity index is 1.28. The van der Waals surface area contributed by atoms with Crippen molar-refractivity contribution >= 4 is 17.7 Å². The highest BCUT2D eigenvalue weighted by molar-refractivity contribution is 5.77. The summed E-state index contributed by atoms with van der Waals surface area (Å²) in [5, 5.41) is 0. The van der Waals surface area contributed by atoms with E-state index in [0.717, 1.165) is 62.3 Å². The van der Waals surface area contributed by atoms with E-state index in [1.54, 1.807) is 0 Å². The Morgan fingerprint density at radius 3 is 2.32 bits per heavy atom. The number of aryl methyl sites for hydroxylation is 1. The third kappa shape index (κ3) is 5.71. The molecule has 31 heavy (non-hydrogen) atoms. The van der Waals surface area contributed by atoms with Gasteiger partial charge in [-0.3, -0.25) is 4.79 Å². The SMILES string of the molecule is Cc1cc(N2CCN(C)CC2)nc(N2CCN(C(=O)COCc3ccccc3)CC2)n1. The molecule has 0 atom stereocenters. The molecule has 0 spiro atoms. The summed E-state index contributed by atoms with van der Waals surface area (Å²) in [6.07, 6.45) is 0. The van der Waals surface area contributed by atoms with E-state index in [4.69, 9.17) is 9.72 Å². The third-order valence-corrected chi connectivity index (χ3v) is 5.91. The maximum absolute atomic E-state index is 12.5. The van der Waals surface area contributed by atoms with E-state index in [1.807, 2.05) is 42.2 Å². The van der Waals surface area contributed by atoms with Crippen LogP contribution >= 0.6 is 0 Å². The van der Waals surface area contributed by atoms with Crippen molar-refractivity contribution in [2.24, 2.45) is 0 Å². The monoisotopic (exact) mass is 424 g/mol. The molecule has 1 aromatic heterocycles. The van der Waals surface area contributed by atoms with E-state index in [1.165, 1.54) is 0 Å². The second kappa shape index (κ2) is 10.1. The van der Waals surface area contributed by atoms with Gasteiger partial charge in [0, 0.05) is 64.1 Å². The number of carbonyl (C=O) groups excluding carboxylic acids is 1. The molecule has 2 aliphatic heterocycles. The van der Waals surface area contributed by atoms with Crippen molar-refractivity contribution in [2.45, 2.75) is 13.5 Å². The average Bonchev–Trinajstić information content (AvgIpc) is 2.80. The van der Waals surface area contributed by atoms with Crippen LogP contribution < -0.4 is 9.80 Å². The van der Waals surface area contributed by atoms with Crippen molar-refractivity contribution in [3.05, 3.63) is 47.7 Å². The second-order valence-electron chi connectivity index (χ2n) is 8.30. The number of rotatable bonds is 6. The summed E-state index contributed by atoms with van der Waals surface area (Å²) in [5.41, 5.74) is 2.06. The summed E-state index contributed by atoms with van der Waals surface area (Å²) >= 11 is 0. The summed E-state index contributed by atoms with van der Waals surface area (Å²) in [6, 6.07) is 12.0. The minimum Gasteiger partial charge on any atom is -0.367 e. The predicted molar refractivity (Wildman–Crippen MR) is 121 cm³/mol. The molecule has 0 bridgehead atoms. The number of carbonyl (C=O) groups is 1. The van der Waals surface area contributed by atoms with Gasteiger partial charge in [-0.05, 0) is 19.5 Å². The first-order valence-corrected chi connectivity index (χ1v) is 11.0. The molecule has 1 amide bonds. The lowest BCUT2D eigenvalue weighted by Crippen LogP contribution is -2.50. The highest BCUT2D eigenvalue weighted by Crippen LogP contribution is 2.20. The van der Waals surface area contributed by atoms with Crippen LogP contribution in [0.25, 0.3) is 0 Å². The maximum atomic E-state index is 12.5. The number of piperazine rings is 2. The molecule has 0 N–H and O–H groups in total. The number of hydrogen-bond acceptors (Lipinski definition) is 7. The van der Waals surface area contributed by atoms with Gasteiger partial charge in [0.1, 0.15) is 12.4 Å². The Hall–Kier alpha value is -2.71. The van der Waals surface area contributed by atoms with Crippen LogP contribution in [0.15, 0.2) is 36.4 Å². The fourth-order valence-corrected chi connectivity index (χ4v) is 3.95. The van der Waals surface area contributed by atoms with Crippen LogP contribution in [0.5, 0.6) is 0 Å². The highest BCUT2D eigenvalue weighted by atomic mass is 16.5. The molecular weight excluding hydrogens is 392 g/mol. The van der Waals surface area contributed by atoms with Crippen LogP contribution in [0.1, 0.15) is 11.3 Å². The molecule has 0 saturated carbocycles. The molecule has 2 aliphatic rings. The van der Waals surface area contributed by atoms with Gasteiger partial charge in [-0.1, -0.05) is 30.3 Å². The molecular formula is C23H32N6O2. The van der Waals surface area contributed by atoms with Crippen molar-refractivity contribution in [1.29, 1.82) is 0 Å². The van der Waals surface area contributed by atoms with Gasteiger partial charge in [0.05, 0.1) is 6.61 Å². The maximum Gasteiger partial charge on any atom is 0.248 e. The van der Waals surface area contributed by atoms with Gasteiger partial charge in [0.2, 0.25) is 11.9 Å². The number of benzene rings is 1. The van der Waals surface area contributed by atoms with Crippen LogP contribution in [0.4, 0.5) is 11.8 Å². The van der Waals surface area contributed by atoms with Crippen molar-refractivity contribution in [1.82, 2.24) is 19.8 Å². The lowest BCUT2D eigenvalue weighted by molar-refractivity contribution is -0.136. The van der Waals surface area contributed by atoms with Gasteiger partial charge in [-0.2, -0.15) is 4.98 Å². The zero-order chi connectivity index (χ0) is 21.6. The van der Waals surface area contributed by atoms with Crippen molar-refractivity contribution < 1.29 is 9.53 Å². The van der Waals surface area contributed by atoms with Crippen molar-refractivity contribution in [3.8, 4) is 0 Å². The third-order valence-electron chi connectivity index (χ3n) is 5.91. The first kappa shape index (κ1) is 21.5. The molecule has 0 aliphatic carbocycles. The molecule has 8 nitrogen and oxygen atoms in total. The molecule has 0 unspecified atom stereocenters. The summed E-state index contributed by atoms with van der Waals surface area (Å²) < 4.78 is 5.61. The van der Waals surface area contributed by atoms with Crippen molar-refractivity contribution in [2.75, 3.05) is 75.8 Å². The molecule has 0 radical (unpaired) electrons. The largest absolute Gasteiger partial charge is 0.367 e. The normalized spacial score (nSPS) is 17.8. The van der Waals surface area contributed by atoms with Gasteiger partial charge in [0.15, 0.2) is 0 Å². The first-order valence-electron chi connectivity index (χ1n) is 11.0. The van der Waals surface area contributed by atoms with Gasteiger partial charge in [-0.15, -0.1) is 0 Å². The fourth-order valence-electron chi connectivity index (χ4n) is 3.95. The number of hydrogen-bond donors (Lipinski definition) is 0. The summed E-state index contributed by atoms with van der Waals surface area (Å²) in [6.45, 7) is 9.44. The lowest BCUT2D eigenvalue weighted by Gasteiger charge is -2.36. The minimum absolute atomic E-state index is 0.0406. The average molecular weight is 425 g/mol. The first-order chi connectivity index (χ1) is 15.1.